The number of alkyl halides is 3. The summed E-state index contributed by atoms with van der Waals surface area (Å²) in [6, 6.07) is 2.34. The summed E-state index contributed by atoms with van der Waals surface area (Å²) in [5.74, 6) is -1.56. The van der Waals surface area contributed by atoms with Gasteiger partial charge in [-0.1, -0.05) is 0 Å². The van der Waals surface area contributed by atoms with Crippen LogP contribution in [0.5, 0.6) is 5.75 Å². The normalized spacial score (nSPS) is 16.2. The molecule has 1 aliphatic rings. The Morgan fingerprint density at radius 2 is 2.18 bits per heavy atom. The molecule has 1 aromatic carbocycles. The standard InChI is InChI=1S/C14H13F3N2O3/c15-5-14(1-2-14)6-19-7-18-11-9(19)3-8(12(20)21)4-10(11)22-13(16)17/h3-4,7,13H,1-2,5-6H2,(H,20,21). The van der Waals surface area contributed by atoms with Gasteiger partial charge in [-0.2, -0.15) is 8.78 Å². The highest BCUT2D eigenvalue weighted by atomic mass is 19.3. The average Bonchev–Trinajstić information content (AvgIpc) is 3.12. The minimum absolute atomic E-state index is 0.139. The monoisotopic (exact) mass is 314 g/mol. The molecule has 0 saturated heterocycles. The zero-order valence-corrected chi connectivity index (χ0v) is 11.4. The summed E-state index contributed by atoms with van der Waals surface area (Å²) >= 11 is 0. The fourth-order valence-corrected chi connectivity index (χ4v) is 2.44. The number of hydrogen-bond donors (Lipinski definition) is 1. The number of aromatic carboxylic acids is 1. The van der Waals surface area contributed by atoms with E-state index in [4.69, 9.17) is 5.11 Å². The molecule has 1 heterocycles. The Bertz CT molecular complexity index is 725. The number of imidazole rings is 1. The predicted octanol–water partition coefficient (Wildman–Crippen LogP) is 3.09. The molecule has 1 fully saturated rings. The Hall–Kier alpha value is -2.25. The van der Waals surface area contributed by atoms with Gasteiger partial charge in [-0.3, -0.25) is 4.39 Å². The van der Waals surface area contributed by atoms with Crippen molar-refractivity contribution in [3.63, 3.8) is 0 Å². The van der Waals surface area contributed by atoms with Crippen molar-refractivity contribution < 1.29 is 27.8 Å². The first-order valence-electron chi connectivity index (χ1n) is 6.67. The fourth-order valence-electron chi connectivity index (χ4n) is 2.44. The van der Waals surface area contributed by atoms with Gasteiger partial charge in [-0.05, 0) is 25.0 Å². The molecule has 1 aliphatic carbocycles. The van der Waals surface area contributed by atoms with Crippen LogP contribution >= 0.6 is 0 Å². The Morgan fingerprint density at radius 1 is 1.45 bits per heavy atom. The van der Waals surface area contributed by atoms with Crippen molar-refractivity contribution in [2.45, 2.75) is 26.0 Å². The summed E-state index contributed by atoms with van der Waals surface area (Å²) in [6.45, 7) is -3.24. The van der Waals surface area contributed by atoms with Crippen LogP contribution < -0.4 is 4.74 Å². The van der Waals surface area contributed by atoms with Crippen LogP contribution in [0.3, 0.4) is 0 Å². The third-order valence-corrected chi connectivity index (χ3v) is 3.90. The molecule has 0 spiro atoms. The molecule has 0 atom stereocenters. The van der Waals surface area contributed by atoms with Crippen molar-refractivity contribution in [3.8, 4) is 5.75 Å². The highest BCUT2D eigenvalue weighted by molar-refractivity contribution is 5.95. The van der Waals surface area contributed by atoms with Gasteiger partial charge < -0.3 is 14.4 Å². The first kappa shape index (κ1) is 14.7. The van der Waals surface area contributed by atoms with Crippen LogP contribution in [0, 0.1) is 5.41 Å². The quantitative estimate of drug-likeness (QED) is 0.890. The first-order valence-corrected chi connectivity index (χ1v) is 6.67. The maximum absolute atomic E-state index is 13.0. The smallest absolute Gasteiger partial charge is 0.387 e. The van der Waals surface area contributed by atoms with E-state index >= 15 is 0 Å². The molecular formula is C14H13F3N2O3. The van der Waals surface area contributed by atoms with E-state index < -0.39 is 24.7 Å². The van der Waals surface area contributed by atoms with E-state index in [1.807, 2.05) is 0 Å². The van der Waals surface area contributed by atoms with Crippen molar-refractivity contribution >= 4 is 17.0 Å². The van der Waals surface area contributed by atoms with E-state index in [0.29, 0.717) is 12.1 Å². The molecule has 118 valence electrons. The van der Waals surface area contributed by atoms with Crippen LogP contribution in [0.4, 0.5) is 13.2 Å². The summed E-state index contributed by atoms with van der Waals surface area (Å²) in [6.07, 6.45) is 2.87. The maximum Gasteiger partial charge on any atom is 0.387 e. The number of ether oxygens (including phenoxy) is 1. The molecule has 0 bridgehead atoms. The van der Waals surface area contributed by atoms with Crippen molar-refractivity contribution in [1.29, 1.82) is 0 Å². The van der Waals surface area contributed by atoms with Gasteiger partial charge in [-0.15, -0.1) is 0 Å². The maximum atomic E-state index is 13.0. The number of benzene rings is 1. The van der Waals surface area contributed by atoms with Crippen LogP contribution in [0.2, 0.25) is 0 Å². The zero-order valence-electron chi connectivity index (χ0n) is 11.4. The van der Waals surface area contributed by atoms with Crippen LogP contribution in [0.1, 0.15) is 23.2 Å². The molecule has 1 saturated carbocycles. The third kappa shape index (κ3) is 2.60. The number of hydrogen-bond acceptors (Lipinski definition) is 3. The molecule has 3 rings (SSSR count). The van der Waals surface area contributed by atoms with Crippen molar-refractivity contribution in [2.75, 3.05) is 6.67 Å². The molecular weight excluding hydrogens is 301 g/mol. The number of carboxylic acid groups (broad SMARTS) is 1. The fraction of sp³-hybridized carbons (Fsp3) is 0.429. The Labute approximate surface area is 123 Å². The van der Waals surface area contributed by atoms with E-state index in [-0.39, 0.29) is 16.8 Å². The van der Waals surface area contributed by atoms with Crippen LogP contribution in [0.25, 0.3) is 11.0 Å². The summed E-state index contributed by atoms with van der Waals surface area (Å²) in [4.78, 5) is 15.1. The number of aromatic nitrogens is 2. The van der Waals surface area contributed by atoms with Crippen LogP contribution in [-0.4, -0.2) is 33.9 Å². The number of carboxylic acids is 1. The second kappa shape index (κ2) is 5.19. The second-order valence-corrected chi connectivity index (χ2v) is 5.53. The minimum atomic E-state index is -3.09. The predicted molar refractivity (Wildman–Crippen MR) is 71.0 cm³/mol. The Balaban J connectivity index is 2.07. The van der Waals surface area contributed by atoms with Gasteiger partial charge in [0.1, 0.15) is 5.52 Å². The molecule has 1 N–H and O–H groups in total. The molecule has 22 heavy (non-hydrogen) atoms. The molecule has 2 aromatic rings. The molecule has 0 aliphatic heterocycles. The van der Waals surface area contributed by atoms with Crippen LogP contribution in [-0.2, 0) is 6.54 Å². The highest BCUT2D eigenvalue weighted by Gasteiger charge is 2.43. The average molecular weight is 314 g/mol. The summed E-state index contributed by atoms with van der Waals surface area (Å²) in [7, 11) is 0. The number of rotatable bonds is 6. The molecule has 8 heteroatoms. The van der Waals surface area contributed by atoms with Gasteiger partial charge in [0.05, 0.1) is 24.1 Å². The van der Waals surface area contributed by atoms with Gasteiger partial charge in [0.15, 0.2) is 5.75 Å². The van der Waals surface area contributed by atoms with E-state index in [0.717, 1.165) is 18.9 Å². The Morgan fingerprint density at radius 3 is 2.73 bits per heavy atom. The summed E-state index contributed by atoms with van der Waals surface area (Å²) < 4.78 is 43.9. The highest BCUT2D eigenvalue weighted by Crippen LogP contribution is 2.48. The van der Waals surface area contributed by atoms with Crippen molar-refractivity contribution in [2.24, 2.45) is 5.41 Å². The lowest BCUT2D eigenvalue weighted by molar-refractivity contribution is -0.0489. The summed E-state index contributed by atoms with van der Waals surface area (Å²) in [5, 5.41) is 9.09. The van der Waals surface area contributed by atoms with Crippen molar-refractivity contribution in [3.05, 3.63) is 24.0 Å². The lowest BCUT2D eigenvalue weighted by Gasteiger charge is -2.13. The molecule has 1 aromatic heterocycles. The van der Waals surface area contributed by atoms with Gasteiger partial charge in [0.25, 0.3) is 0 Å². The lowest BCUT2D eigenvalue weighted by atomic mass is 10.1. The van der Waals surface area contributed by atoms with Gasteiger partial charge in [-0.25, -0.2) is 9.78 Å². The van der Waals surface area contributed by atoms with E-state index in [2.05, 4.69) is 9.72 Å². The number of carbonyl (C=O) groups is 1. The summed E-state index contributed by atoms with van der Waals surface area (Å²) in [5.41, 5.74) is -0.151. The largest absolute Gasteiger partial charge is 0.478 e. The Kier molecular flexibility index (Phi) is 3.46. The zero-order chi connectivity index (χ0) is 15.9. The van der Waals surface area contributed by atoms with Crippen LogP contribution in [0.15, 0.2) is 18.5 Å². The number of nitrogens with zero attached hydrogens (tertiary/aromatic N) is 2. The molecule has 0 amide bonds. The molecule has 0 unspecified atom stereocenters. The van der Waals surface area contributed by atoms with Gasteiger partial charge in [0.2, 0.25) is 0 Å². The first-order chi connectivity index (χ1) is 10.4. The topological polar surface area (TPSA) is 64.3 Å². The lowest BCUT2D eigenvalue weighted by Crippen LogP contribution is -2.13. The van der Waals surface area contributed by atoms with Gasteiger partial charge in [0, 0.05) is 12.0 Å². The van der Waals surface area contributed by atoms with E-state index in [9.17, 15) is 18.0 Å². The second-order valence-electron chi connectivity index (χ2n) is 5.53. The van der Waals surface area contributed by atoms with E-state index in [1.165, 1.54) is 12.4 Å². The van der Waals surface area contributed by atoms with Gasteiger partial charge >= 0.3 is 12.6 Å². The molecule has 0 radical (unpaired) electrons. The third-order valence-electron chi connectivity index (χ3n) is 3.90. The van der Waals surface area contributed by atoms with E-state index in [1.54, 1.807) is 4.57 Å². The number of fused-ring (bicyclic) bond motifs is 1. The SMILES string of the molecule is O=C(O)c1cc(OC(F)F)c2ncn(CC3(CF)CC3)c2c1. The van der Waals surface area contributed by atoms with Crippen molar-refractivity contribution in [1.82, 2.24) is 9.55 Å². The minimum Gasteiger partial charge on any atom is -0.478 e. The molecule has 5 nitrogen and oxygen atoms in total. The number of halogens is 3.